The highest BCUT2D eigenvalue weighted by atomic mass is 32.1. The fourth-order valence-corrected chi connectivity index (χ4v) is 2.82. The van der Waals surface area contributed by atoms with Crippen molar-refractivity contribution < 1.29 is 4.79 Å². The summed E-state index contributed by atoms with van der Waals surface area (Å²) in [5.41, 5.74) is 5.86. The Bertz CT molecular complexity index is 433. The molecule has 1 rings (SSSR count). The van der Waals surface area contributed by atoms with Crippen LogP contribution in [-0.4, -0.2) is 30.5 Å². The Kier molecular flexibility index (Phi) is 6.78. The predicted molar refractivity (Wildman–Crippen MR) is 86.5 cm³/mol. The second-order valence-electron chi connectivity index (χ2n) is 5.15. The quantitative estimate of drug-likeness (QED) is 0.774. The van der Waals surface area contributed by atoms with Gasteiger partial charge in [-0.2, -0.15) is 0 Å². The van der Waals surface area contributed by atoms with E-state index in [9.17, 15) is 4.79 Å². The fourth-order valence-electron chi connectivity index (χ4n) is 1.95. The Hall–Kier alpha value is -1.30. The zero-order chi connectivity index (χ0) is 15.1. The van der Waals surface area contributed by atoms with Crippen LogP contribution in [0.3, 0.4) is 0 Å². The zero-order valence-electron chi connectivity index (χ0n) is 12.9. The van der Waals surface area contributed by atoms with Gasteiger partial charge in [-0.3, -0.25) is 4.79 Å². The van der Waals surface area contributed by atoms with Crippen LogP contribution in [-0.2, 0) is 0 Å². The number of unbranched alkanes of at least 4 members (excludes halogenated alkanes) is 1. The van der Waals surface area contributed by atoms with Crippen molar-refractivity contribution in [3.05, 3.63) is 4.88 Å². The molecule has 1 heterocycles. The van der Waals surface area contributed by atoms with Crippen LogP contribution in [0.25, 0.3) is 0 Å². The first kappa shape index (κ1) is 16.8. The van der Waals surface area contributed by atoms with Gasteiger partial charge in [0.05, 0.1) is 0 Å². The number of nitrogens with two attached hydrogens (primary N) is 1. The molecule has 1 atom stereocenters. The van der Waals surface area contributed by atoms with Gasteiger partial charge in [-0.15, -0.1) is 0 Å². The van der Waals surface area contributed by atoms with Crippen LogP contribution in [0.4, 0.5) is 10.9 Å². The van der Waals surface area contributed by atoms with E-state index < -0.39 is 0 Å². The van der Waals surface area contributed by atoms with Crippen molar-refractivity contribution in [3.63, 3.8) is 0 Å². The predicted octanol–water partition coefficient (Wildman–Crippen LogP) is 2.88. The van der Waals surface area contributed by atoms with E-state index in [1.807, 2.05) is 18.9 Å². The molecular formula is C14H26N4OS. The monoisotopic (exact) mass is 298 g/mol. The lowest BCUT2D eigenvalue weighted by Crippen LogP contribution is -2.32. The highest BCUT2D eigenvalue weighted by molar-refractivity contribution is 7.18. The fraction of sp³-hybridized carbons (Fsp3) is 0.714. The number of rotatable bonds is 8. The molecule has 0 fully saturated rings. The number of nitrogen functional groups attached to an aromatic ring is 1. The summed E-state index contributed by atoms with van der Waals surface area (Å²) in [7, 11) is 1.97. The second kappa shape index (κ2) is 8.09. The minimum atomic E-state index is -0.111. The number of anilines is 2. The van der Waals surface area contributed by atoms with Gasteiger partial charge in [-0.25, -0.2) is 4.98 Å². The van der Waals surface area contributed by atoms with E-state index in [-0.39, 0.29) is 11.9 Å². The van der Waals surface area contributed by atoms with Crippen molar-refractivity contribution in [3.8, 4) is 0 Å². The van der Waals surface area contributed by atoms with Crippen molar-refractivity contribution in [2.45, 2.75) is 52.5 Å². The van der Waals surface area contributed by atoms with Crippen molar-refractivity contribution in [1.82, 2.24) is 10.3 Å². The van der Waals surface area contributed by atoms with Crippen molar-refractivity contribution in [2.24, 2.45) is 0 Å². The molecule has 0 aliphatic rings. The third-order valence-corrected chi connectivity index (χ3v) is 4.29. The van der Waals surface area contributed by atoms with E-state index in [4.69, 9.17) is 5.73 Å². The Morgan fingerprint density at radius 3 is 2.75 bits per heavy atom. The number of hydrogen-bond acceptors (Lipinski definition) is 5. The lowest BCUT2D eigenvalue weighted by atomic mass is 10.1. The summed E-state index contributed by atoms with van der Waals surface area (Å²) in [5.74, 6) is 0.216. The van der Waals surface area contributed by atoms with Crippen molar-refractivity contribution in [2.75, 3.05) is 24.2 Å². The van der Waals surface area contributed by atoms with Crippen LogP contribution in [0.2, 0.25) is 0 Å². The smallest absolute Gasteiger partial charge is 0.265 e. The molecule has 3 N–H and O–H groups in total. The third kappa shape index (κ3) is 4.67. The van der Waals surface area contributed by atoms with Gasteiger partial charge >= 0.3 is 0 Å². The van der Waals surface area contributed by atoms with Crippen molar-refractivity contribution in [1.29, 1.82) is 0 Å². The molecule has 0 aromatic carbocycles. The lowest BCUT2D eigenvalue weighted by Gasteiger charge is -2.13. The maximum atomic E-state index is 12.2. The molecule has 0 aliphatic heterocycles. The molecule has 1 aromatic rings. The molecule has 1 aromatic heterocycles. The standard InChI is InChI=1S/C14H26N4OS/c1-5-7-8-10(3)16-13(19)11-12(15)17-14(20-11)18(4)9-6-2/h10H,5-9,15H2,1-4H3,(H,16,19). The van der Waals surface area contributed by atoms with E-state index in [2.05, 4.69) is 24.1 Å². The summed E-state index contributed by atoms with van der Waals surface area (Å²) in [6, 6.07) is 0.167. The first-order valence-electron chi connectivity index (χ1n) is 7.27. The zero-order valence-corrected chi connectivity index (χ0v) is 13.7. The third-order valence-electron chi connectivity index (χ3n) is 3.10. The molecule has 0 spiro atoms. The van der Waals surface area contributed by atoms with Gasteiger partial charge in [0.25, 0.3) is 5.91 Å². The maximum Gasteiger partial charge on any atom is 0.265 e. The van der Waals surface area contributed by atoms with E-state index in [1.165, 1.54) is 11.3 Å². The van der Waals surface area contributed by atoms with Gasteiger partial charge in [-0.05, 0) is 19.8 Å². The summed E-state index contributed by atoms with van der Waals surface area (Å²) < 4.78 is 0. The molecule has 0 radical (unpaired) electrons. The number of aromatic nitrogens is 1. The number of hydrogen-bond donors (Lipinski definition) is 2. The number of amides is 1. The summed E-state index contributed by atoms with van der Waals surface area (Å²) in [6.07, 6.45) is 4.27. The summed E-state index contributed by atoms with van der Waals surface area (Å²) in [5, 5.41) is 3.79. The molecule has 20 heavy (non-hydrogen) atoms. The molecule has 0 saturated carbocycles. The number of carbonyl (C=O) groups is 1. The van der Waals surface area contributed by atoms with Crippen LogP contribution < -0.4 is 16.0 Å². The van der Waals surface area contributed by atoms with E-state index >= 15 is 0 Å². The first-order chi connectivity index (χ1) is 9.49. The highest BCUT2D eigenvalue weighted by Gasteiger charge is 2.19. The number of carbonyl (C=O) groups excluding carboxylic acids is 1. The highest BCUT2D eigenvalue weighted by Crippen LogP contribution is 2.27. The Morgan fingerprint density at radius 2 is 2.15 bits per heavy atom. The van der Waals surface area contributed by atoms with Crippen molar-refractivity contribution >= 4 is 28.2 Å². The van der Waals surface area contributed by atoms with Gasteiger partial charge in [-0.1, -0.05) is 38.0 Å². The topological polar surface area (TPSA) is 71.2 Å². The molecule has 1 unspecified atom stereocenters. The Morgan fingerprint density at radius 1 is 1.45 bits per heavy atom. The normalized spacial score (nSPS) is 12.2. The molecule has 5 nitrogen and oxygen atoms in total. The van der Waals surface area contributed by atoms with Gasteiger partial charge in [0.15, 0.2) is 5.13 Å². The van der Waals surface area contributed by atoms with E-state index in [0.29, 0.717) is 10.7 Å². The minimum Gasteiger partial charge on any atom is -0.382 e. The number of nitrogens with one attached hydrogen (secondary N) is 1. The number of thiazole rings is 1. The minimum absolute atomic E-state index is 0.111. The largest absolute Gasteiger partial charge is 0.382 e. The molecular weight excluding hydrogens is 272 g/mol. The molecule has 0 aliphatic carbocycles. The summed E-state index contributed by atoms with van der Waals surface area (Å²) >= 11 is 1.36. The summed E-state index contributed by atoms with van der Waals surface area (Å²) in [6.45, 7) is 7.18. The van der Waals surface area contributed by atoms with Crippen LogP contribution in [0.15, 0.2) is 0 Å². The SMILES string of the molecule is CCCCC(C)NC(=O)c1sc(N(C)CCC)nc1N. The van der Waals surface area contributed by atoms with Gasteiger partial charge in [0, 0.05) is 19.6 Å². The van der Waals surface area contributed by atoms with Crippen LogP contribution in [0, 0.1) is 0 Å². The number of nitrogens with zero attached hydrogens (tertiary/aromatic N) is 2. The van der Waals surface area contributed by atoms with Gasteiger partial charge < -0.3 is 16.0 Å². The summed E-state index contributed by atoms with van der Waals surface area (Å²) in [4.78, 5) is 19.0. The second-order valence-corrected chi connectivity index (χ2v) is 6.13. The lowest BCUT2D eigenvalue weighted by molar-refractivity contribution is 0.0943. The average Bonchev–Trinajstić information content (AvgIpc) is 2.79. The van der Waals surface area contributed by atoms with Crippen LogP contribution in [0.5, 0.6) is 0 Å². The Balaban J connectivity index is 2.68. The van der Waals surface area contributed by atoms with Crippen LogP contribution in [0.1, 0.15) is 56.1 Å². The van der Waals surface area contributed by atoms with E-state index in [1.54, 1.807) is 0 Å². The van der Waals surface area contributed by atoms with E-state index in [0.717, 1.165) is 37.4 Å². The van der Waals surface area contributed by atoms with Gasteiger partial charge in [0.1, 0.15) is 10.7 Å². The Labute approximate surface area is 125 Å². The molecule has 0 bridgehead atoms. The maximum absolute atomic E-state index is 12.2. The molecule has 1 amide bonds. The van der Waals surface area contributed by atoms with Gasteiger partial charge in [0.2, 0.25) is 0 Å². The molecule has 0 saturated heterocycles. The average molecular weight is 298 g/mol. The molecule has 6 heteroatoms. The first-order valence-corrected chi connectivity index (χ1v) is 8.09. The van der Waals surface area contributed by atoms with Crippen LogP contribution >= 0.6 is 11.3 Å². The molecule has 114 valence electrons.